The van der Waals surface area contributed by atoms with Crippen molar-refractivity contribution >= 4 is 58.1 Å². The van der Waals surface area contributed by atoms with Crippen LogP contribution < -0.4 is 31.9 Å². The molecule has 6 rings (SSSR count). The minimum Gasteiger partial charge on any atom is -0.348 e. The Bertz CT molecular complexity index is 2000. The van der Waals surface area contributed by atoms with Crippen molar-refractivity contribution in [3.05, 3.63) is 169 Å². The average Bonchev–Trinajstić information content (AvgIpc) is 3.20. The third-order valence-electron chi connectivity index (χ3n) is 7.74. The molecule has 0 unspecified atom stereocenters. The van der Waals surface area contributed by atoms with Gasteiger partial charge in [-0.1, -0.05) is 73.8 Å². The molecule has 6 N–H and O–H groups in total. The van der Waals surface area contributed by atoms with Gasteiger partial charge in [0.15, 0.2) is 0 Å². The van der Waals surface area contributed by atoms with Gasteiger partial charge in [-0.25, -0.2) is 9.97 Å². The fraction of sp³-hybridized carbons (Fsp3) is 0.0952. The van der Waals surface area contributed by atoms with Gasteiger partial charge < -0.3 is 31.9 Å². The second-order valence-corrected chi connectivity index (χ2v) is 11.9. The number of benzene rings is 4. The van der Waals surface area contributed by atoms with Gasteiger partial charge >= 0.3 is 0 Å². The molecule has 0 aliphatic heterocycles. The summed E-state index contributed by atoms with van der Waals surface area (Å²) in [6, 6.07) is 35.1. The molecule has 54 heavy (non-hydrogen) atoms. The van der Waals surface area contributed by atoms with Gasteiger partial charge in [0.1, 0.15) is 11.6 Å². The molecule has 0 aliphatic carbocycles. The quantitative estimate of drug-likeness (QED) is 0.0608. The second kappa shape index (κ2) is 19.3. The first-order valence-electron chi connectivity index (χ1n) is 17.1. The van der Waals surface area contributed by atoms with Crippen LogP contribution in [0.25, 0.3) is 0 Å². The number of aryl methyl sites for hydroxylation is 2. The highest BCUT2D eigenvalue weighted by molar-refractivity contribution is 5.87. The monoisotopic (exact) mass is 718 g/mol. The smallest absolute Gasteiger partial charge is 0.243 e. The predicted molar refractivity (Wildman–Crippen MR) is 217 cm³/mol. The normalized spacial score (nSPS) is 10.1. The molecule has 0 spiro atoms. The first kappa shape index (κ1) is 37.9. The lowest BCUT2D eigenvalue weighted by Gasteiger charge is -2.11. The molecule has 6 aromatic rings. The van der Waals surface area contributed by atoms with Gasteiger partial charge in [0, 0.05) is 59.4 Å². The Morgan fingerprint density at radius 1 is 0.519 bits per heavy atom. The number of nitrogens with zero attached hydrogens (tertiary/aromatic N) is 4. The number of amides is 2. The number of anilines is 8. The average molecular weight is 719 g/mol. The van der Waals surface area contributed by atoms with E-state index in [1.54, 1.807) is 12.4 Å². The van der Waals surface area contributed by atoms with E-state index in [4.69, 9.17) is 0 Å². The molecule has 2 amide bonds. The van der Waals surface area contributed by atoms with Crippen molar-refractivity contribution in [2.45, 2.75) is 26.9 Å². The van der Waals surface area contributed by atoms with Gasteiger partial charge in [0.05, 0.1) is 0 Å². The van der Waals surface area contributed by atoms with E-state index in [2.05, 4.69) is 65.0 Å². The molecule has 0 fully saturated rings. The Labute approximate surface area is 314 Å². The molecule has 0 bridgehead atoms. The second-order valence-electron chi connectivity index (χ2n) is 11.9. The zero-order valence-electron chi connectivity index (χ0n) is 30.1. The summed E-state index contributed by atoms with van der Waals surface area (Å²) in [4.78, 5) is 40.2. The Morgan fingerprint density at radius 2 is 0.870 bits per heavy atom. The maximum absolute atomic E-state index is 11.2. The van der Waals surface area contributed by atoms with E-state index in [1.165, 1.54) is 12.2 Å². The van der Waals surface area contributed by atoms with Crippen molar-refractivity contribution < 1.29 is 9.59 Å². The van der Waals surface area contributed by atoms with E-state index in [-0.39, 0.29) is 11.8 Å². The maximum Gasteiger partial charge on any atom is 0.243 e. The number of nitrogens with one attached hydrogen (secondary N) is 6. The molecule has 272 valence electrons. The Balaban J connectivity index is 0.000000208. The molecule has 12 nitrogen and oxygen atoms in total. The molecule has 4 aromatic carbocycles. The van der Waals surface area contributed by atoms with E-state index < -0.39 is 0 Å². The lowest BCUT2D eigenvalue weighted by molar-refractivity contribution is -0.117. The molecule has 0 saturated carbocycles. The lowest BCUT2D eigenvalue weighted by atomic mass is 10.2. The molecule has 2 aromatic heterocycles. The van der Waals surface area contributed by atoms with Gasteiger partial charge in [-0.15, -0.1) is 0 Å². The third kappa shape index (κ3) is 11.9. The van der Waals surface area contributed by atoms with Crippen LogP contribution in [0.5, 0.6) is 0 Å². The third-order valence-corrected chi connectivity index (χ3v) is 7.74. The maximum atomic E-state index is 11.2. The van der Waals surface area contributed by atoms with E-state index in [0.717, 1.165) is 56.6 Å². The van der Waals surface area contributed by atoms with Crippen LogP contribution in [0, 0.1) is 13.8 Å². The molecule has 0 saturated heterocycles. The first-order valence-corrected chi connectivity index (χ1v) is 17.1. The van der Waals surface area contributed by atoms with Crippen molar-refractivity contribution in [3.8, 4) is 0 Å². The molecular weight excluding hydrogens is 677 g/mol. The van der Waals surface area contributed by atoms with Crippen LogP contribution in [0.15, 0.2) is 147 Å². The highest BCUT2D eigenvalue weighted by atomic mass is 16.2. The van der Waals surface area contributed by atoms with Crippen LogP contribution in [-0.2, 0) is 22.7 Å². The van der Waals surface area contributed by atoms with Gasteiger partial charge in [0.2, 0.25) is 23.7 Å². The van der Waals surface area contributed by atoms with E-state index >= 15 is 0 Å². The number of para-hydroxylation sites is 2. The number of rotatable bonds is 14. The molecule has 0 atom stereocenters. The van der Waals surface area contributed by atoms with E-state index in [1.807, 2.05) is 123 Å². The molecular formula is C42H42N10O2. The highest BCUT2D eigenvalue weighted by Crippen LogP contribution is 2.23. The van der Waals surface area contributed by atoms with Gasteiger partial charge in [0.25, 0.3) is 0 Å². The molecule has 0 aliphatic rings. The van der Waals surface area contributed by atoms with E-state index in [9.17, 15) is 9.59 Å². The van der Waals surface area contributed by atoms with Crippen molar-refractivity contribution in [1.29, 1.82) is 0 Å². The summed E-state index contributed by atoms with van der Waals surface area (Å²) in [6.45, 7) is 11.7. The zero-order valence-corrected chi connectivity index (χ0v) is 30.1. The minimum absolute atomic E-state index is 0.188. The largest absolute Gasteiger partial charge is 0.348 e. The molecule has 2 heterocycles. The van der Waals surface area contributed by atoms with Crippen LogP contribution in [-0.4, -0.2) is 31.8 Å². The summed E-state index contributed by atoms with van der Waals surface area (Å²) >= 11 is 0. The predicted octanol–water partition coefficient (Wildman–Crippen LogP) is 8.15. The van der Waals surface area contributed by atoms with Crippen molar-refractivity contribution in [2.24, 2.45) is 0 Å². The Kier molecular flexibility index (Phi) is 13.6. The summed E-state index contributed by atoms with van der Waals surface area (Å²) in [6.07, 6.45) is 6.07. The van der Waals surface area contributed by atoms with Crippen molar-refractivity contribution in [2.75, 3.05) is 21.3 Å². The number of carbonyl (C=O) groups excluding carboxylic acids is 2. The van der Waals surface area contributed by atoms with Crippen LogP contribution >= 0.6 is 0 Å². The fourth-order valence-electron chi connectivity index (χ4n) is 4.77. The zero-order chi connectivity index (χ0) is 38.1. The summed E-state index contributed by atoms with van der Waals surface area (Å²) in [5.74, 6) is 2.14. The van der Waals surface area contributed by atoms with Crippen molar-refractivity contribution in [1.82, 2.24) is 30.6 Å². The summed E-state index contributed by atoms with van der Waals surface area (Å²) in [5, 5.41) is 18.5. The standard InChI is InChI=1S/2C21H21N5O/c2*1-3-19(27)22-14-16-9-11-18(12-10-16)24-20-15(2)13-23-21(26-20)25-17-7-5-4-6-8-17/h2*3-13H,1,14H2,2H3,(H,22,27)(H2,23,24,25,26). The summed E-state index contributed by atoms with van der Waals surface area (Å²) in [7, 11) is 0. The number of hydrogen-bond acceptors (Lipinski definition) is 10. The SMILES string of the molecule is C=CC(=O)NCc1ccc(Nc2nc(Nc3ccccc3)ncc2C)cc1.C=CC(=O)NCc1ccc(Nc2nc(Nc3ccccc3)ncc2C)cc1. The van der Waals surface area contributed by atoms with Crippen molar-refractivity contribution in [3.63, 3.8) is 0 Å². The number of hydrogen-bond donors (Lipinski definition) is 6. The van der Waals surface area contributed by atoms with Crippen LogP contribution in [0.4, 0.5) is 46.3 Å². The molecule has 12 heteroatoms. The Hall–Kier alpha value is -7.34. The first-order chi connectivity index (χ1) is 26.3. The van der Waals surface area contributed by atoms with E-state index in [0.29, 0.717) is 25.0 Å². The highest BCUT2D eigenvalue weighted by Gasteiger charge is 2.07. The fourth-order valence-corrected chi connectivity index (χ4v) is 4.77. The van der Waals surface area contributed by atoms with Crippen LogP contribution in [0.1, 0.15) is 22.3 Å². The number of aromatic nitrogens is 4. The summed E-state index contributed by atoms with van der Waals surface area (Å²) < 4.78 is 0. The molecule has 0 radical (unpaired) electrons. The van der Waals surface area contributed by atoms with Gasteiger partial charge in [-0.2, -0.15) is 9.97 Å². The Morgan fingerprint density at radius 3 is 1.22 bits per heavy atom. The van der Waals surface area contributed by atoms with Gasteiger partial charge in [-0.05, 0) is 85.7 Å². The topological polar surface area (TPSA) is 158 Å². The number of carbonyl (C=O) groups is 2. The van der Waals surface area contributed by atoms with Gasteiger partial charge in [-0.3, -0.25) is 9.59 Å². The minimum atomic E-state index is -0.188. The lowest BCUT2D eigenvalue weighted by Crippen LogP contribution is -2.19. The van der Waals surface area contributed by atoms with Crippen LogP contribution in [0.3, 0.4) is 0 Å². The summed E-state index contributed by atoms with van der Waals surface area (Å²) in [5.41, 5.74) is 7.55. The van der Waals surface area contributed by atoms with Crippen LogP contribution in [0.2, 0.25) is 0 Å².